The van der Waals surface area contributed by atoms with Gasteiger partial charge in [-0.3, -0.25) is 4.90 Å². The largest absolute Gasteiger partial charge is 0.305 e. The van der Waals surface area contributed by atoms with E-state index in [2.05, 4.69) is 75.2 Å². The van der Waals surface area contributed by atoms with E-state index >= 15 is 0 Å². The lowest BCUT2D eigenvalue weighted by Gasteiger charge is -2.53. The topological polar surface area (TPSA) is 15.3 Å². The lowest BCUT2D eigenvalue weighted by Crippen LogP contribution is -2.67. The maximum atomic E-state index is 3.79. The number of nitrogens with one attached hydrogen (secondary N) is 1. The highest BCUT2D eigenvalue weighted by Crippen LogP contribution is 2.32. The highest BCUT2D eigenvalue weighted by Gasteiger charge is 2.42. The van der Waals surface area contributed by atoms with Crippen LogP contribution in [0.2, 0.25) is 0 Å². The van der Waals surface area contributed by atoms with Gasteiger partial charge in [-0.15, -0.1) is 0 Å². The molecule has 1 aromatic carbocycles. The fraction of sp³-hybridized carbons (Fsp3) is 0.667. The molecule has 1 fully saturated rings. The van der Waals surface area contributed by atoms with Crippen LogP contribution in [-0.4, -0.2) is 29.6 Å². The molecule has 1 N–H and O–H groups in total. The molecule has 20 heavy (non-hydrogen) atoms. The second kappa shape index (κ2) is 5.87. The first-order valence-electron chi connectivity index (χ1n) is 7.96. The number of nitrogens with zero attached hydrogens (tertiary/aromatic N) is 1. The van der Waals surface area contributed by atoms with Gasteiger partial charge < -0.3 is 5.32 Å². The third kappa shape index (κ3) is 3.07. The van der Waals surface area contributed by atoms with Gasteiger partial charge in [0.15, 0.2) is 0 Å². The standard InChI is InChI=1S/C18H30N2/c1-6-10-15(2)20-14-18(5,19-13-17(20,3)4)16-11-8-7-9-12-16/h7-9,11-12,15,19H,6,10,13-14H2,1-5H3. The van der Waals surface area contributed by atoms with Gasteiger partial charge in [0.2, 0.25) is 0 Å². The van der Waals surface area contributed by atoms with Crippen molar-refractivity contribution in [3.63, 3.8) is 0 Å². The van der Waals surface area contributed by atoms with Crippen molar-refractivity contribution < 1.29 is 0 Å². The molecule has 0 amide bonds. The van der Waals surface area contributed by atoms with Crippen molar-refractivity contribution in [2.45, 2.75) is 64.6 Å². The van der Waals surface area contributed by atoms with Crippen molar-refractivity contribution in [2.24, 2.45) is 0 Å². The van der Waals surface area contributed by atoms with E-state index < -0.39 is 0 Å². The second-order valence-electron chi connectivity index (χ2n) is 7.13. The van der Waals surface area contributed by atoms with E-state index in [1.807, 2.05) is 0 Å². The molecule has 0 bridgehead atoms. The first kappa shape index (κ1) is 15.5. The Morgan fingerprint density at radius 1 is 1.20 bits per heavy atom. The van der Waals surface area contributed by atoms with Crippen LogP contribution < -0.4 is 5.32 Å². The van der Waals surface area contributed by atoms with Crippen molar-refractivity contribution in [1.29, 1.82) is 0 Å². The van der Waals surface area contributed by atoms with E-state index in [0.29, 0.717) is 6.04 Å². The summed E-state index contributed by atoms with van der Waals surface area (Å²) in [5.41, 5.74) is 1.67. The summed E-state index contributed by atoms with van der Waals surface area (Å²) in [6, 6.07) is 11.5. The normalized spacial score (nSPS) is 28.2. The molecule has 1 saturated heterocycles. The molecule has 2 heteroatoms. The summed E-state index contributed by atoms with van der Waals surface area (Å²) in [6.07, 6.45) is 2.53. The minimum Gasteiger partial charge on any atom is -0.305 e. The molecule has 0 aromatic heterocycles. The van der Waals surface area contributed by atoms with Gasteiger partial charge in [0.25, 0.3) is 0 Å². The monoisotopic (exact) mass is 274 g/mol. The molecule has 112 valence electrons. The molecule has 0 radical (unpaired) electrons. The highest BCUT2D eigenvalue weighted by molar-refractivity contribution is 5.25. The van der Waals surface area contributed by atoms with Gasteiger partial charge in [-0.05, 0) is 39.7 Å². The van der Waals surface area contributed by atoms with Gasteiger partial charge in [0.05, 0.1) is 5.54 Å². The highest BCUT2D eigenvalue weighted by atomic mass is 15.3. The third-order valence-electron chi connectivity index (χ3n) is 4.82. The minimum absolute atomic E-state index is 0.0543. The molecule has 1 aliphatic heterocycles. The van der Waals surface area contributed by atoms with Gasteiger partial charge in [0.1, 0.15) is 0 Å². The fourth-order valence-corrected chi connectivity index (χ4v) is 3.45. The van der Waals surface area contributed by atoms with Crippen LogP contribution in [0.4, 0.5) is 0 Å². The predicted molar refractivity (Wildman–Crippen MR) is 87.0 cm³/mol. The quantitative estimate of drug-likeness (QED) is 0.899. The van der Waals surface area contributed by atoms with Crippen LogP contribution in [0.3, 0.4) is 0 Å². The van der Waals surface area contributed by atoms with Gasteiger partial charge in [-0.2, -0.15) is 0 Å². The zero-order valence-corrected chi connectivity index (χ0v) is 13.7. The molecule has 0 saturated carbocycles. The summed E-state index contributed by atoms with van der Waals surface area (Å²) < 4.78 is 0. The fourth-order valence-electron chi connectivity index (χ4n) is 3.45. The average molecular weight is 274 g/mol. The molecule has 1 heterocycles. The third-order valence-corrected chi connectivity index (χ3v) is 4.82. The first-order chi connectivity index (χ1) is 9.39. The Kier molecular flexibility index (Phi) is 4.55. The van der Waals surface area contributed by atoms with Crippen LogP contribution in [0, 0.1) is 0 Å². The molecular formula is C18H30N2. The van der Waals surface area contributed by atoms with Crippen LogP contribution in [-0.2, 0) is 5.54 Å². The lowest BCUT2D eigenvalue weighted by molar-refractivity contribution is -0.00130. The van der Waals surface area contributed by atoms with Crippen LogP contribution in [0.25, 0.3) is 0 Å². The van der Waals surface area contributed by atoms with Crippen molar-refractivity contribution in [1.82, 2.24) is 10.2 Å². The van der Waals surface area contributed by atoms with E-state index in [0.717, 1.165) is 13.1 Å². The first-order valence-corrected chi connectivity index (χ1v) is 7.96. The zero-order valence-electron chi connectivity index (χ0n) is 13.7. The summed E-state index contributed by atoms with van der Waals surface area (Å²) in [6.45, 7) is 13.8. The summed E-state index contributed by atoms with van der Waals surface area (Å²) in [4.78, 5) is 2.69. The Balaban J connectivity index is 2.23. The molecule has 2 atom stereocenters. The lowest BCUT2D eigenvalue weighted by atomic mass is 9.83. The minimum atomic E-state index is 0.0543. The van der Waals surface area contributed by atoms with E-state index in [4.69, 9.17) is 0 Å². The summed E-state index contributed by atoms with van der Waals surface area (Å²) in [5.74, 6) is 0. The molecule has 2 nitrogen and oxygen atoms in total. The summed E-state index contributed by atoms with van der Waals surface area (Å²) in [5, 5.41) is 3.79. The molecule has 0 spiro atoms. The second-order valence-corrected chi connectivity index (χ2v) is 7.13. The number of hydrogen-bond acceptors (Lipinski definition) is 2. The average Bonchev–Trinajstić information content (AvgIpc) is 2.43. The van der Waals surface area contributed by atoms with Crippen LogP contribution in [0.5, 0.6) is 0 Å². The van der Waals surface area contributed by atoms with E-state index in [1.54, 1.807) is 0 Å². The Labute approximate surface area is 124 Å². The Bertz CT molecular complexity index is 426. The van der Waals surface area contributed by atoms with Crippen molar-refractivity contribution in [3.05, 3.63) is 35.9 Å². The molecule has 2 rings (SSSR count). The molecular weight excluding hydrogens is 244 g/mol. The summed E-state index contributed by atoms with van der Waals surface area (Å²) in [7, 11) is 0. The maximum absolute atomic E-state index is 3.79. The van der Waals surface area contributed by atoms with Gasteiger partial charge in [0, 0.05) is 24.7 Å². The zero-order chi connectivity index (χ0) is 14.8. The maximum Gasteiger partial charge on any atom is 0.0535 e. The van der Waals surface area contributed by atoms with Crippen LogP contribution >= 0.6 is 0 Å². The Morgan fingerprint density at radius 3 is 2.45 bits per heavy atom. The number of hydrogen-bond donors (Lipinski definition) is 1. The number of benzene rings is 1. The number of piperazine rings is 1. The molecule has 0 aliphatic carbocycles. The summed E-state index contributed by atoms with van der Waals surface area (Å²) >= 11 is 0. The van der Waals surface area contributed by atoms with Crippen LogP contribution in [0.1, 0.15) is 53.0 Å². The van der Waals surface area contributed by atoms with Crippen molar-refractivity contribution in [3.8, 4) is 0 Å². The van der Waals surface area contributed by atoms with E-state index in [-0.39, 0.29) is 11.1 Å². The van der Waals surface area contributed by atoms with Gasteiger partial charge in [-0.25, -0.2) is 0 Å². The van der Waals surface area contributed by atoms with Gasteiger partial charge in [-0.1, -0.05) is 43.7 Å². The molecule has 2 unspecified atom stereocenters. The van der Waals surface area contributed by atoms with E-state index in [9.17, 15) is 0 Å². The SMILES string of the molecule is CCCC(C)N1CC(C)(c2ccccc2)NCC1(C)C. The Morgan fingerprint density at radius 2 is 1.85 bits per heavy atom. The van der Waals surface area contributed by atoms with Crippen molar-refractivity contribution >= 4 is 0 Å². The smallest absolute Gasteiger partial charge is 0.0535 e. The molecule has 1 aliphatic rings. The van der Waals surface area contributed by atoms with Gasteiger partial charge >= 0.3 is 0 Å². The van der Waals surface area contributed by atoms with Crippen LogP contribution in [0.15, 0.2) is 30.3 Å². The van der Waals surface area contributed by atoms with Crippen molar-refractivity contribution in [2.75, 3.05) is 13.1 Å². The molecule has 1 aromatic rings. The predicted octanol–water partition coefficient (Wildman–Crippen LogP) is 3.77. The number of rotatable bonds is 4. The van der Waals surface area contributed by atoms with E-state index in [1.165, 1.54) is 18.4 Å². The Hall–Kier alpha value is -0.860.